The molecule has 4 nitrogen and oxygen atoms in total. The lowest BCUT2D eigenvalue weighted by molar-refractivity contribution is -0.137. The molecule has 2 rings (SSSR count). The molecule has 9 heteroatoms. The van der Waals surface area contributed by atoms with Crippen LogP contribution in [0.15, 0.2) is 23.1 Å². The minimum absolute atomic E-state index is 0.0712. The molecule has 1 aromatic rings. The molecule has 1 fully saturated rings. The average molecular weight is 343 g/mol. The van der Waals surface area contributed by atoms with E-state index >= 15 is 0 Å². The van der Waals surface area contributed by atoms with Crippen molar-refractivity contribution in [1.82, 2.24) is 9.62 Å². The molecule has 0 aromatic heterocycles. The number of rotatable bonds is 2. The van der Waals surface area contributed by atoms with E-state index in [9.17, 15) is 21.6 Å². The molecule has 1 heterocycles. The fourth-order valence-electron chi connectivity index (χ4n) is 2.13. The van der Waals surface area contributed by atoms with Crippen LogP contribution in [0.1, 0.15) is 12.5 Å². The Kier molecular flexibility index (Phi) is 4.53. The quantitative estimate of drug-likeness (QED) is 0.897. The Morgan fingerprint density at radius 3 is 2.62 bits per heavy atom. The molecule has 1 aliphatic rings. The predicted octanol–water partition coefficient (Wildman–Crippen LogP) is 2.34. The van der Waals surface area contributed by atoms with Crippen molar-refractivity contribution in [3.05, 3.63) is 28.8 Å². The van der Waals surface area contributed by atoms with Gasteiger partial charge in [0.25, 0.3) is 0 Å². The molecule has 0 radical (unpaired) electrons. The Bertz CT molecular complexity index is 634. The summed E-state index contributed by atoms with van der Waals surface area (Å²) in [6.45, 7) is 2.63. The van der Waals surface area contributed by atoms with Crippen molar-refractivity contribution in [2.45, 2.75) is 24.0 Å². The molecule has 1 aliphatic heterocycles. The number of nitrogens with one attached hydrogen (secondary N) is 1. The Morgan fingerprint density at radius 2 is 2.05 bits per heavy atom. The average Bonchev–Trinajstić information content (AvgIpc) is 2.37. The van der Waals surface area contributed by atoms with E-state index < -0.39 is 26.7 Å². The second-order valence-corrected chi connectivity index (χ2v) is 7.17. The Hall–Kier alpha value is -0.830. The van der Waals surface area contributed by atoms with Crippen LogP contribution in [0.4, 0.5) is 13.2 Å². The van der Waals surface area contributed by atoms with Crippen LogP contribution < -0.4 is 5.32 Å². The van der Waals surface area contributed by atoms with Crippen LogP contribution >= 0.6 is 11.6 Å². The molecule has 118 valence electrons. The molecule has 1 saturated heterocycles. The lowest BCUT2D eigenvalue weighted by Crippen LogP contribution is -2.51. The van der Waals surface area contributed by atoms with Crippen LogP contribution in [0.3, 0.4) is 0 Å². The maximum atomic E-state index is 12.7. The minimum atomic E-state index is -4.62. The summed E-state index contributed by atoms with van der Waals surface area (Å²) >= 11 is 5.80. The summed E-state index contributed by atoms with van der Waals surface area (Å²) in [6, 6.07) is 2.24. The van der Waals surface area contributed by atoms with Gasteiger partial charge in [0.1, 0.15) is 4.90 Å². The molecule has 1 atom stereocenters. The lowest BCUT2D eigenvalue weighted by atomic mass is 10.2. The van der Waals surface area contributed by atoms with Crippen molar-refractivity contribution >= 4 is 21.6 Å². The van der Waals surface area contributed by atoms with Gasteiger partial charge in [-0.2, -0.15) is 17.5 Å². The molecule has 0 saturated carbocycles. The maximum absolute atomic E-state index is 12.7. The zero-order chi connectivity index (χ0) is 15.8. The molecule has 21 heavy (non-hydrogen) atoms. The van der Waals surface area contributed by atoms with Crippen LogP contribution in [0.5, 0.6) is 0 Å². The van der Waals surface area contributed by atoms with Crippen LogP contribution in [0.25, 0.3) is 0 Å². The van der Waals surface area contributed by atoms with Gasteiger partial charge in [0.15, 0.2) is 0 Å². The molecule has 0 bridgehead atoms. The largest absolute Gasteiger partial charge is 0.416 e. The van der Waals surface area contributed by atoms with Gasteiger partial charge in [-0.3, -0.25) is 0 Å². The molecule has 1 aromatic carbocycles. The van der Waals surface area contributed by atoms with E-state index in [2.05, 4.69) is 5.32 Å². The highest BCUT2D eigenvalue weighted by molar-refractivity contribution is 7.89. The van der Waals surface area contributed by atoms with E-state index in [1.54, 1.807) is 6.92 Å². The number of alkyl halides is 3. The fraction of sp³-hybridized carbons (Fsp3) is 0.500. The molecular weight excluding hydrogens is 329 g/mol. The number of nitrogens with zero attached hydrogens (tertiary/aromatic N) is 1. The van der Waals surface area contributed by atoms with Gasteiger partial charge in [0, 0.05) is 25.7 Å². The number of hydrogen-bond donors (Lipinski definition) is 1. The molecule has 1 N–H and O–H groups in total. The van der Waals surface area contributed by atoms with Crippen molar-refractivity contribution in [2.24, 2.45) is 0 Å². The van der Waals surface area contributed by atoms with E-state index in [0.717, 1.165) is 16.4 Å². The highest BCUT2D eigenvalue weighted by Crippen LogP contribution is 2.34. The number of hydrogen-bond acceptors (Lipinski definition) is 3. The zero-order valence-electron chi connectivity index (χ0n) is 11.1. The minimum Gasteiger partial charge on any atom is -0.312 e. The van der Waals surface area contributed by atoms with Gasteiger partial charge in [-0.25, -0.2) is 8.42 Å². The first kappa shape index (κ1) is 16.5. The van der Waals surface area contributed by atoms with E-state index in [1.165, 1.54) is 0 Å². The van der Waals surface area contributed by atoms with Gasteiger partial charge in [-0.1, -0.05) is 11.6 Å². The second kappa shape index (κ2) is 5.75. The fourth-order valence-corrected chi connectivity index (χ4v) is 4.16. The van der Waals surface area contributed by atoms with Crippen molar-refractivity contribution in [3.63, 3.8) is 0 Å². The number of piperazine rings is 1. The van der Waals surface area contributed by atoms with Crippen molar-refractivity contribution in [2.75, 3.05) is 19.6 Å². The van der Waals surface area contributed by atoms with Crippen LogP contribution in [-0.4, -0.2) is 38.4 Å². The SMILES string of the molecule is C[C@H]1CN(S(=O)(=O)c2cc(C(F)(F)F)ccc2Cl)CCN1. The van der Waals surface area contributed by atoms with Crippen LogP contribution in [0, 0.1) is 0 Å². The van der Waals surface area contributed by atoms with Crippen LogP contribution in [-0.2, 0) is 16.2 Å². The van der Waals surface area contributed by atoms with Gasteiger partial charge in [0.05, 0.1) is 10.6 Å². The van der Waals surface area contributed by atoms with Gasteiger partial charge >= 0.3 is 6.18 Å². The smallest absolute Gasteiger partial charge is 0.312 e. The number of halogens is 4. The zero-order valence-corrected chi connectivity index (χ0v) is 12.7. The third-order valence-electron chi connectivity index (χ3n) is 3.21. The molecule has 0 aliphatic carbocycles. The van der Waals surface area contributed by atoms with Crippen molar-refractivity contribution in [1.29, 1.82) is 0 Å². The predicted molar refractivity (Wildman–Crippen MR) is 72.7 cm³/mol. The second-order valence-electron chi connectivity index (χ2n) is 4.86. The third kappa shape index (κ3) is 3.50. The third-order valence-corrected chi connectivity index (χ3v) is 5.55. The van der Waals surface area contributed by atoms with E-state index in [-0.39, 0.29) is 24.2 Å². The standard InChI is InChI=1S/C12H14ClF3N2O2S/c1-8-7-18(5-4-17-8)21(19,20)11-6-9(12(14,15)16)2-3-10(11)13/h2-3,6,8,17H,4-5,7H2,1H3/t8-/m0/s1. The van der Waals surface area contributed by atoms with Gasteiger partial charge < -0.3 is 5.32 Å². The van der Waals surface area contributed by atoms with Crippen molar-refractivity contribution in [3.8, 4) is 0 Å². The summed E-state index contributed by atoms with van der Waals surface area (Å²) in [5.74, 6) is 0. The van der Waals surface area contributed by atoms with Gasteiger partial charge in [-0.05, 0) is 25.1 Å². The monoisotopic (exact) mass is 342 g/mol. The number of sulfonamides is 1. The lowest BCUT2D eigenvalue weighted by Gasteiger charge is -2.31. The summed E-state index contributed by atoms with van der Waals surface area (Å²) < 4.78 is 64.3. The summed E-state index contributed by atoms with van der Waals surface area (Å²) in [4.78, 5) is -0.506. The number of benzene rings is 1. The maximum Gasteiger partial charge on any atom is 0.416 e. The molecule has 0 amide bonds. The summed E-state index contributed by atoms with van der Waals surface area (Å²) in [5.41, 5.74) is -1.03. The first-order valence-electron chi connectivity index (χ1n) is 6.22. The Balaban J connectivity index is 2.44. The molecule has 0 unspecified atom stereocenters. The van der Waals surface area contributed by atoms with Crippen LogP contribution in [0.2, 0.25) is 5.02 Å². The first-order valence-corrected chi connectivity index (χ1v) is 8.04. The van der Waals surface area contributed by atoms with E-state index in [1.807, 2.05) is 0 Å². The van der Waals surface area contributed by atoms with E-state index in [4.69, 9.17) is 11.6 Å². The van der Waals surface area contributed by atoms with Gasteiger partial charge in [0.2, 0.25) is 10.0 Å². The Morgan fingerprint density at radius 1 is 1.38 bits per heavy atom. The summed E-state index contributed by atoms with van der Waals surface area (Å²) in [6.07, 6.45) is -4.62. The summed E-state index contributed by atoms with van der Waals surface area (Å²) in [5, 5.41) is 2.85. The normalized spacial score (nSPS) is 21.5. The molecule has 0 spiro atoms. The highest BCUT2D eigenvalue weighted by atomic mass is 35.5. The first-order chi connectivity index (χ1) is 9.62. The highest BCUT2D eigenvalue weighted by Gasteiger charge is 2.35. The van der Waals surface area contributed by atoms with E-state index in [0.29, 0.717) is 12.6 Å². The van der Waals surface area contributed by atoms with Gasteiger partial charge in [-0.15, -0.1) is 0 Å². The van der Waals surface area contributed by atoms with Crippen molar-refractivity contribution < 1.29 is 21.6 Å². The topological polar surface area (TPSA) is 49.4 Å². The Labute approximate surface area is 125 Å². The molecular formula is C12H14ClF3N2O2S. The summed E-state index contributed by atoms with van der Waals surface area (Å²) in [7, 11) is -4.05.